The number of fused-ring (bicyclic) bond motifs is 1. The normalized spacial score (nSPS) is 31.3. The van der Waals surface area contributed by atoms with Crippen molar-refractivity contribution in [2.45, 2.75) is 44.6 Å². The van der Waals surface area contributed by atoms with Gasteiger partial charge >= 0.3 is 0 Å². The van der Waals surface area contributed by atoms with Crippen molar-refractivity contribution in [3.05, 3.63) is 0 Å². The van der Waals surface area contributed by atoms with Crippen LogP contribution in [0.15, 0.2) is 0 Å². The molecule has 1 saturated carbocycles. The molecule has 0 aromatic heterocycles. The molecular weight excluding hydrogens is 190 g/mol. The Labute approximate surface area is 91.2 Å². The molecular formula is C11H21N3O. The first kappa shape index (κ1) is 10.9. The van der Waals surface area contributed by atoms with Gasteiger partial charge in [-0.1, -0.05) is 6.42 Å². The lowest BCUT2D eigenvalue weighted by Gasteiger charge is -2.37. The summed E-state index contributed by atoms with van der Waals surface area (Å²) < 4.78 is 0. The molecule has 4 nitrogen and oxygen atoms in total. The van der Waals surface area contributed by atoms with Crippen molar-refractivity contribution in [3.63, 3.8) is 0 Å². The maximum Gasteiger partial charge on any atom is 0.235 e. The van der Waals surface area contributed by atoms with Crippen LogP contribution < -0.4 is 11.3 Å². The molecule has 2 aliphatic rings. The molecule has 0 spiro atoms. The van der Waals surface area contributed by atoms with Crippen molar-refractivity contribution in [1.82, 2.24) is 10.3 Å². The topological polar surface area (TPSA) is 58.4 Å². The molecule has 2 fully saturated rings. The first-order valence-electron chi connectivity index (χ1n) is 6.05. The largest absolute Gasteiger partial charge is 0.300 e. The number of rotatable bonds is 3. The third kappa shape index (κ3) is 2.49. The predicted octanol–water partition coefficient (Wildman–Crippen LogP) is 0.631. The van der Waals surface area contributed by atoms with E-state index >= 15 is 0 Å². The summed E-state index contributed by atoms with van der Waals surface area (Å²) >= 11 is 0. The summed E-state index contributed by atoms with van der Waals surface area (Å²) in [6.45, 7) is 2.04. The second-order valence-corrected chi connectivity index (χ2v) is 4.75. The van der Waals surface area contributed by atoms with Crippen LogP contribution in [0.2, 0.25) is 0 Å². The molecule has 0 aromatic rings. The van der Waals surface area contributed by atoms with E-state index in [2.05, 4.69) is 10.3 Å². The first-order chi connectivity index (χ1) is 7.31. The van der Waals surface area contributed by atoms with Crippen LogP contribution in [-0.4, -0.2) is 29.9 Å². The number of hydrogen-bond donors (Lipinski definition) is 2. The van der Waals surface area contributed by atoms with Crippen LogP contribution in [0, 0.1) is 5.92 Å². The van der Waals surface area contributed by atoms with Gasteiger partial charge in [-0.15, -0.1) is 0 Å². The monoisotopic (exact) mass is 211 g/mol. The highest BCUT2D eigenvalue weighted by atomic mass is 16.2. The molecule has 1 saturated heterocycles. The lowest BCUT2D eigenvalue weighted by Crippen LogP contribution is -2.44. The van der Waals surface area contributed by atoms with Crippen molar-refractivity contribution < 1.29 is 4.79 Å². The zero-order valence-electron chi connectivity index (χ0n) is 9.24. The molecule has 0 aromatic carbocycles. The maximum atomic E-state index is 11.1. The number of nitrogens with one attached hydrogen (secondary N) is 1. The van der Waals surface area contributed by atoms with E-state index in [1.165, 1.54) is 38.6 Å². The standard InChI is InChI=1S/C11H21N3O/c12-13-11(15)6-8-14-7-2-4-9-3-1-5-10(9)14/h9-10H,1-8,12H2,(H,13,15). The lowest BCUT2D eigenvalue weighted by atomic mass is 9.92. The summed E-state index contributed by atoms with van der Waals surface area (Å²) in [5, 5.41) is 0. The highest BCUT2D eigenvalue weighted by Gasteiger charge is 2.34. The van der Waals surface area contributed by atoms with Crippen molar-refractivity contribution in [2.75, 3.05) is 13.1 Å². The second-order valence-electron chi connectivity index (χ2n) is 4.75. The van der Waals surface area contributed by atoms with E-state index in [0.717, 1.165) is 18.5 Å². The minimum Gasteiger partial charge on any atom is -0.300 e. The van der Waals surface area contributed by atoms with E-state index in [-0.39, 0.29) is 5.91 Å². The Morgan fingerprint density at radius 2 is 2.13 bits per heavy atom. The van der Waals surface area contributed by atoms with Gasteiger partial charge in [0.1, 0.15) is 0 Å². The lowest BCUT2D eigenvalue weighted by molar-refractivity contribution is -0.121. The zero-order chi connectivity index (χ0) is 10.7. The molecule has 1 amide bonds. The molecule has 86 valence electrons. The highest BCUT2D eigenvalue weighted by Crippen LogP contribution is 2.36. The van der Waals surface area contributed by atoms with E-state index in [9.17, 15) is 4.79 Å². The van der Waals surface area contributed by atoms with Gasteiger partial charge in [0.05, 0.1) is 0 Å². The Kier molecular flexibility index (Phi) is 3.59. The number of amides is 1. The Bertz CT molecular complexity index is 232. The number of piperidine rings is 1. The average molecular weight is 211 g/mol. The van der Waals surface area contributed by atoms with E-state index < -0.39 is 0 Å². The third-order valence-corrected chi connectivity index (χ3v) is 3.90. The molecule has 1 aliphatic carbocycles. The summed E-state index contributed by atoms with van der Waals surface area (Å²) in [4.78, 5) is 13.6. The first-order valence-corrected chi connectivity index (χ1v) is 6.05. The number of nitrogens with two attached hydrogens (primary N) is 1. The van der Waals surface area contributed by atoms with Gasteiger partial charge in [0.15, 0.2) is 0 Å². The number of likely N-dealkylation sites (tertiary alicyclic amines) is 1. The zero-order valence-corrected chi connectivity index (χ0v) is 9.24. The van der Waals surface area contributed by atoms with Gasteiger partial charge in [0.2, 0.25) is 5.91 Å². The number of hydrazine groups is 1. The van der Waals surface area contributed by atoms with Gasteiger partial charge in [-0.3, -0.25) is 15.1 Å². The highest BCUT2D eigenvalue weighted by molar-refractivity contribution is 5.75. The quantitative estimate of drug-likeness (QED) is 0.409. The van der Waals surface area contributed by atoms with Crippen LogP contribution in [-0.2, 0) is 4.79 Å². The van der Waals surface area contributed by atoms with Crippen molar-refractivity contribution >= 4 is 5.91 Å². The van der Waals surface area contributed by atoms with Crippen molar-refractivity contribution in [3.8, 4) is 0 Å². The fraction of sp³-hybridized carbons (Fsp3) is 0.909. The summed E-state index contributed by atoms with van der Waals surface area (Å²) in [5.41, 5.74) is 2.20. The number of carbonyl (C=O) groups is 1. The van der Waals surface area contributed by atoms with Gasteiger partial charge in [-0.05, 0) is 38.1 Å². The summed E-state index contributed by atoms with van der Waals surface area (Å²) in [5.74, 6) is 5.93. The van der Waals surface area contributed by atoms with E-state index in [1.807, 2.05) is 0 Å². The fourth-order valence-electron chi connectivity index (χ4n) is 3.15. The van der Waals surface area contributed by atoms with Crippen LogP contribution in [0.25, 0.3) is 0 Å². The maximum absolute atomic E-state index is 11.1. The Morgan fingerprint density at radius 1 is 1.33 bits per heavy atom. The molecule has 2 rings (SSSR count). The summed E-state index contributed by atoms with van der Waals surface area (Å²) in [6.07, 6.45) is 7.32. The van der Waals surface area contributed by atoms with E-state index in [1.54, 1.807) is 0 Å². The molecule has 2 atom stereocenters. The number of hydrogen-bond acceptors (Lipinski definition) is 3. The summed E-state index contributed by atoms with van der Waals surface area (Å²) in [7, 11) is 0. The Morgan fingerprint density at radius 3 is 2.93 bits per heavy atom. The molecule has 3 N–H and O–H groups in total. The fourth-order valence-corrected chi connectivity index (χ4v) is 3.15. The molecule has 2 unspecified atom stereocenters. The molecule has 0 radical (unpaired) electrons. The SMILES string of the molecule is NNC(=O)CCN1CCCC2CCCC21. The van der Waals surface area contributed by atoms with E-state index in [0.29, 0.717) is 6.42 Å². The number of carbonyl (C=O) groups excluding carboxylic acids is 1. The van der Waals surface area contributed by atoms with Crippen LogP contribution in [0.4, 0.5) is 0 Å². The smallest absolute Gasteiger partial charge is 0.235 e. The molecule has 1 aliphatic heterocycles. The molecule has 15 heavy (non-hydrogen) atoms. The van der Waals surface area contributed by atoms with Gasteiger partial charge in [0, 0.05) is 19.0 Å². The Hall–Kier alpha value is -0.610. The van der Waals surface area contributed by atoms with Gasteiger partial charge in [-0.2, -0.15) is 0 Å². The predicted molar refractivity (Wildman–Crippen MR) is 58.9 cm³/mol. The van der Waals surface area contributed by atoms with Crippen molar-refractivity contribution in [2.24, 2.45) is 11.8 Å². The van der Waals surface area contributed by atoms with Crippen molar-refractivity contribution in [1.29, 1.82) is 0 Å². The second kappa shape index (κ2) is 4.94. The molecule has 0 bridgehead atoms. The van der Waals surface area contributed by atoms with Crippen LogP contribution in [0.5, 0.6) is 0 Å². The van der Waals surface area contributed by atoms with Crippen LogP contribution in [0.1, 0.15) is 38.5 Å². The van der Waals surface area contributed by atoms with Crippen LogP contribution >= 0.6 is 0 Å². The number of nitrogens with zero attached hydrogens (tertiary/aromatic N) is 1. The van der Waals surface area contributed by atoms with Gasteiger partial charge in [-0.25, -0.2) is 5.84 Å². The molecule has 1 heterocycles. The third-order valence-electron chi connectivity index (χ3n) is 3.90. The van der Waals surface area contributed by atoms with Crippen LogP contribution in [0.3, 0.4) is 0 Å². The van der Waals surface area contributed by atoms with Gasteiger partial charge in [0.25, 0.3) is 0 Å². The minimum absolute atomic E-state index is 0.0462. The Balaban J connectivity index is 1.82. The molecule has 4 heteroatoms. The van der Waals surface area contributed by atoms with E-state index in [4.69, 9.17) is 5.84 Å². The average Bonchev–Trinajstić information content (AvgIpc) is 2.74. The summed E-state index contributed by atoms with van der Waals surface area (Å²) in [6, 6.07) is 0.754. The van der Waals surface area contributed by atoms with Gasteiger partial charge < -0.3 is 0 Å². The minimum atomic E-state index is -0.0462.